The minimum absolute atomic E-state index is 0.0688. The normalized spacial score (nSPS) is 10.7. The number of aromatic nitrogens is 3. The van der Waals surface area contributed by atoms with Crippen molar-refractivity contribution >= 4 is 5.69 Å². The second kappa shape index (κ2) is 6.04. The van der Waals surface area contributed by atoms with E-state index >= 15 is 0 Å². The lowest BCUT2D eigenvalue weighted by Crippen LogP contribution is -1.91. The van der Waals surface area contributed by atoms with Crippen molar-refractivity contribution < 1.29 is 9.34 Å². The summed E-state index contributed by atoms with van der Waals surface area (Å²) < 4.78 is 7.63. The SMILES string of the molecule is O=[N+]([O-])c1ccccc1-c1nnc(-c2ccc(-n3cccc3)cc2)o1. The van der Waals surface area contributed by atoms with Crippen LogP contribution in [-0.2, 0) is 0 Å². The quantitative estimate of drug-likeness (QED) is 0.415. The van der Waals surface area contributed by atoms with Crippen LogP contribution in [0.3, 0.4) is 0 Å². The van der Waals surface area contributed by atoms with Gasteiger partial charge in [0.05, 0.1) is 4.92 Å². The van der Waals surface area contributed by atoms with Gasteiger partial charge in [0.15, 0.2) is 0 Å². The van der Waals surface area contributed by atoms with Crippen LogP contribution in [0.2, 0.25) is 0 Å². The largest absolute Gasteiger partial charge is 0.416 e. The summed E-state index contributed by atoms with van der Waals surface area (Å²) in [6, 6.07) is 17.8. The lowest BCUT2D eigenvalue weighted by Gasteiger charge is -2.03. The van der Waals surface area contributed by atoms with E-state index < -0.39 is 4.92 Å². The van der Waals surface area contributed by atoms with Crippen LogP contribution in [0.4, 0.5) is 5.69 Å². The maximum atomic E-state index is 11.1. The summed E-state index contributed by atoms with van der Waals surface area (Å²) in [4.78, 5) is 10.7. The molecule has 0 radical (unpaired) electrons. The van der Waals surface area contributed by atoms with Crippen LogP contribution in [0.5, 0.6) is 0 Å². The average Bonchev–Trinajstić information content (AvgIpc) is 3.34. The monoisotopic (exact) mass is 332 g/mol. The molecular weight excluding hydrogens is 320 g/mol. The van der Waals surface area contributed by atoms with Gasteiger partial charge in [0.2, 0.25) is 5.89 Å². The first-order valence-electron chi connectivity index (χ1n) is 7.53. The first-order valence-corrected chi connectivity index (χ1v) is 7.53. The molecule has 4 aromatic rings. The van der Waals surface area contributed by atoms with Crippen LogP contribution < -0.4 is 0 Å². The lowest BCUT2D eigenvalue weighted by molar-refractivity contribution is -0.384. The minimum Gasteiger partial charge on any atom is -0.416 e. The Hall–Kier alpha value is -3.74. The molecule has 0 fully saturated rings. The van der Waals surface area contributed by atoms with Crippen LogP contribution in [0.25, 0.3) is 28.6 Å². The van der Waals surface area contributed by atoms with Crippen LogP contribution >= 0.6 is 0 Å². The third-order valence-electron chi connectivity index (χ3n) is 3.77. The highest BCUT2D eigenvalue weighted by Crippen LogP contribution is 2.30. The van der Waals surface area contributed by atoms with E-state index in [1.54, 1.807) is 18.2 Å². The zero-order valence-electron chi connectivity index (χ0n) is 12.9. The Kier molecular flexibility index (Phi) is 3.59. The van der Waals surface area contributed by atoms with E-state index in [0.29, 0.717) is 11.5 Å². The van der Waals surface area contributed by atoms with E-state index in [2.05, 4.69) is 10.2 Å². The molecule has 4 rings (SSSR count). The molecule has 25 heavy (non-hydrogen) atoms. The van der Waals surface area contributed by atoms with Gasteiger partial charge in [0, 0.05) is 29.7 Å². The number of para-hydroxylation sites is 1. The van der Waals surface area contributed by atoms with Crippen molar-refractivity contribution in [2.24, 2.45) is 0 Å². The Labute approximate surface area is 142 Å². The second-order valence-electron chi connectivity index (χ2n) is 5.32. The molecule has 7 nitrogen and oxygen atoms in total. The minimum atomic E-state index is -0.467. The number of rotatable bonds is 4. The van der Waals surface area contributed by atoms with E-state index in [9.17, 15) is 10.1 Å². The van der Waals surface area contributed by atoms with E-state index in [1.807, 2.05) is 53.4 Å². The second-order valence-corrected chi connectivity index (χ2v) is 5.32. The van der Waals surface area contributed by atoms with Gasteiger partial charge in [-0.3, -0.25) is 10.1 Å². The predicted octanol–water partition coefficient (Wildman–Crippen LogP) is 4.10. The Morgan fingerprint density at radius 3 is 2.28 bits per heavy atom. The lowest BCUT2D eigenvalue weighted by atomic mass is 10.2. The Bertz CT molecular complexity index is 1020. The molecule has 0 spiro atoms. The van der Waals surface area contributed by atoms with Crippen LogP contribution in [0.1, 0.15) is 0 Å². The summed E-state index contributed by atoms with van der Waals surface area (Å²) >= 11 is 0. The smallest absolute Gasteiger partial charge is 0.282 e. The number of hydrogen-bond donors (Lipinski definition) is 0. The van der Waals surface area contributed by atoms with Gasteiger partial charge in [-0.05, 0) is 42.5 Å². The predicted molar refractivity (Wildman–Crippen MR) is 91.2 cm³/mol. The first kappa shape index (κ1) is 14.8. The highest BCUT2D eigenvalue weighted by atomic mass is 16.6. The average molecular weight is 332 g/mol. The van der Waals surface area contributed by atoms with Crippen molar-refractivity contribution in [3.63, 3.8) is 0 Å². The number of benzene rings is 2. The zero-order valence-corrected chi connectivity index (χ0v) is 12.9. The standard InChI is InChI=1S/C18H12N4O3/c23-22(24)16-6-2-1-5-15(16)18-20-19-17(25-18)13-7-9-14(10-8-13)21-11-3-4-12-21/h1-12H. The molecule has 2 aromatic heterocycles. The molecule has 7 heteroatoms. The van der Waals surface area contributed by atoms with Crippen LogP contribution in [0.15, 0.2) is 77.5 Å². The Morgan fingerprint density at radius 2 is 1.56 bits per heavy atom. The van der Waals surface area contributed by atoms with Crippen molar-refractivity contribution in [1.82, 2.24) is 14.8 Å². The van der Waals surface area contributed by atoms with Gasteiger partial charge in [-0.25, -0.2) is 0 Å². The van der Waals surface area contributed by atoms with Crippen LogP contribution in [-0.4, -0.2) is 19.7 Å². The van der Waals surface area contributed by atoms with Gasteiger partial charge >= 0.3 is 0 Å². The molecule has 0 saturated carbocycles. The number of hydrogen-bond acceptors (Lipinski definition) is 5. The summed E-state index contributed by atoms with van der Waals surface area (Å²) in [6.45, 7) is 0. The summed E-state index contributed by atoms with van der Waals surface area (Å²) in [7, 11) is 0. The molecule has 0 atom stereocenters. The first-order chi connectivity index (χ1) is 12.2. The molecule has 0 bridgehead atoms. The summed E-state index contributed by atoms with van der Waals surface area (Å²) in [5, 5.41) is 19.1. The molecule has 2 heterocycles. The van der Waals surface area contributed by atoms with Crippen molar-refractivity contribution in [3.8, 4) is 28.6 Å². The highest BCUT2D eigenvalue weighted by molar-refractivity contribution is 5.67. The Balaban J connectivity index is 1.67. The fraction of sp³-hybridized carbons (Fsp3) is 0. The van der Waals surface area contributed by atoms with E-state index in [0.717, 1.165) is 11.3 Å². The molecule has 0 aliphatic carbocycles. The van der Waals surface area contributed by atoms with Crippen molar-refractivity contribution in [3.05, 3.63) is 83.2 Å². The van der Waals surface area contributed by atoms with Gasteiger partial charge in [-0.15, -0.1) is 10.2 Å². The van der Waals surface area contributed by atoms with Crippen molar-refractivity contribution in [1.29, 1.82) is 0 Å². The Morgan fingerprint density at radius 1 is 0.880 bits per heavy atom. The highest BCUT2D eigenvalue weighted by Gasteiger charge is 2.20. The van der Waals surface area contributed by atoms with Crippen molar-refractivity contribution in [2.75, 3.05) is 0 Å². The van der Waals surface area contributed by atoms with Crippen molar-refractivity contribution in [2.45, 2.75) is 0 Å². The molecule has 0 unspecified atom stereocenters. The number of nitro benzene ring substituents is 1. The maximum absolute atomic E-state index is 11.1. The van der Waals surface area contributed by atoms with Gasteiger partial charge in [0.25, 0.3) is 11.6 Å². The van der Waals surface area contributed by atoms with E-state index in [1.165, 1.54) is 6.07 Å². The molecule has 122 valence electrons. The third-order valence-corrected chi connectivity index (χ3v) is 3.77. The zero-order chi connectivity index (χ0) is 17.2. The summed E-state index contributed by atoms with van der Waals surface area (Å²) in [5.74, 6) is 0.434. The molecule has 0 aliphatic rings. The fourth-order valence-electron chi connectivity index (χ4n) is 2.55. The summed E-state index contributed by atoms with van der Waals surface area (Å²) in [6.07, 6.45) is 3.91. The van der Waals surface area contributed by atoms with E-state index in [4.69, 9.17) is 4.42 Å². The third kappa shape index (κ3) is 2.78. The van der Waals surface area contributed by atoms with Gasteiger partial charge in [-0.1, -0.05) is 12.1 Å². The topological polar surface area (TPSA) is 87.0 Å². The number of nitrogens with zero attached hydrogens (tertiary/aromatic N) is 4. The molecule has 0 aliphatic heterocycles. The molecule has 2 aromatic carbocycles. The molecular formula is C18H12N4O3. The maximum Gasteiger partial charge on any atom is 0.282 e. The molecule has 0 N–H and O–H groups in total. The van der Waals surface area contributed by atoms with Crippen LogP contribution in [0, 0.1) is 10.1 Å². The van der Waals surface area contributed by atoms with Gasteiger partial charge < -0.3 is 8.98 Å². The molecule has 0 amide bonds. The summed E-state index contributed by atoms with van der Waals surface area (Å²) in [5.41, 5.74) is 1.98. The fourth-order valence-corrected chi connectivity index (χ4v) is 2.55. The van der Waals surface area contributed by atoms with E-state index in [-0.39, 0.29) is 11.6 Å². The number of nitro groups is 1. The molecule has 0 saturated heterocycles. The van der Waals surface area contributed by atoms with Gasteiger partial charge in [-0.2, -0.15) is 0 Å². The van der Waals surface area contributed by atoms with Gasteiger partial charge in [0.1, 0.15) is 5.56 Å².